The van der Waals surface area contributed by atoms with Crippen LogP contribution in [0.4, 0.5) is 18.9 Å². The van der Waals surface area contributed by atoms with Crippen molar-refractivity contribution in [2.24, 2.45) is 10.8 Å². The van der Waals surface area contributed by atoms with Crippen LogP contribution in [-0.2, 0) is 6.18 Å². The predicted octanol–water partition coefficient (Wildman–Crippen LogP) is 2.19. The molecule has 0 aliphatic carbocycles. The van der Waals surface area contributed by atoms with Gasteiger partial charge in [-0.25, -0.2) is 0 Å². The van der Waals surface area contributed by atoms with Crippen molar-refractivity contribution in [1.29, 1.82) is 0 Å². The summed E-state index contributed by atoms with van der Waals surface area (Å²) in [6, 6.07) is 4.87. The number of anilines is 1. The number of hydrogen-bond donors (Lipinski definition) is 1. The van der Waals surface area contributed by atoms with E-state index in [0.29, 0.717) is 24.5 Å². The van der Waals surface area contributed by atoms with Crippen LogP contribution in [0.5, 0.6) is 0 Å². The Hall–Kier alpha value is -1.72. The summed E-state index contributed by atoms with van der Waals surface area (Å²) in [5.41, 5.74) is 5.45. The SMILES string of the molecule is NC1=NN(c2ccc(C(F)(F)F)cc2)CC1. The number of rotatable bonds is 1. The molecule has 3 nitrogen and oxygen atoms in total. The number of halogens is 3. The number of benzene rings is 1. The Labute approximate surface area is 90.3 Å². The number of amidine groups is 1. The average Bonchev–Trinajstić information content (AvgIpc) is 2.64. The first-order valence-corrected chi connectivity index (χ1v) is 4.74. The van der Waals surface area contributed by atoms with Gasteiger partial charge in [-0.15, -0.1) is 0 Å². The molecule has 2 N–H and O–H groups in total. The van der Waals surface area contributed by atoms with E-state index in [1.807, 2.05) is 0 Å². The van der Waals surface area contributed by atoms with E-state index in [0.717, 1.165) is 12.1 Å². The van der Waals surface area contributed by atoms with Crippen molar-refractivity contribution in [3.05, 3.63) is 29.8 Å². The monoisotopic (exact) mass is 229 g/mol. The fourth-order valence-corrected chi connectivity index (χ4v) is 1.48. The molecule has 1 heterocycles. The van der Waals surface area contributed by atoms with Gasteiger partial charge in [-0.05, 0) is 24.3 Å². The molecule has 0 radical (unpaired) electrons. The summed E-state index contributed by atoms with van der Waals surface area (Å²) in [5, 5.41) is 5.59. The van der Waals surface area contributed by atoms with E-state index in [4.69, 9.17) is 5.73 Å². The summed E-state index contributed by atoms with van der Waals surface area (Å²) in [6.07, 6.45) is -3.66. The minimum atomic E-state index is -4.30. The summed E-state index contributed by atoms with van der Waals surface area (Å²) < 4.78 is 36.9. The van der Waals surface area contributed by atoms with Crippen molar-refractivity contribution in [3.8, 4) is 0 Å². The van der Waals surface area contributed by atoms with Crippen LogP contribution in [0.1, 0.15) is 12.0 Å². The van der Waals surface area contributed by atoms with Gasteiger partial charge in [0.1, 0.15) is 5.84 Å². The van der Waals surface area contributed by atoms with Crippen LogP contribution in [0.2, 0.25) is 0 Å². The van der Waals surface area contributed by atoms with E-state index < -0.39 is 11.7 Å². The molecule has 0 aromatic heterocycles. The number of alkyl halides is 3. The van der Waals surface area contributed by atoms with Gasteiger partial charge in [0.2, 0.25) is 0 Å². The Morgan fingerprint density at radius 3 is 2.25 bits per heavy atom. The highest BCUT2D eigenvalue weighted by atomic mass is 19.4. The van der Waals surface area contributed by atoms with Crippen LogP contribution in [0.25, 0.3) is 0 Å². The maximum Gasteiger partial charge on any atom is 0.416 e. The first kappa shape index (κ1) is 10.8. The Bertz CT molecular complexity index is 408. The van der Waals surface area contributed by atoms with Gasteiger partial charge >= 0.3 is 6.18 Å². The van der Waals surface area contributed by atoms with Gasteiger partial charge in [0.05, 0.1) is 11.3 Å². The molecule has 1 aromatic rings. The third-order valence-corrected chi connectivity index (χ3v) is 2.32. The van der Waals surface area contributed by atoms with Crippen LogP contribution in [0, 0.1) is 0 Å². The summed E-state index contributed by atoms with van der Waals surface area (Å²) >= 11 is 0. The second kappa shape index (κ2) is 3.70. The van der Waals surface area contributed by atoms with E-state index in [-0.39, 0.29) is 0 Å². The zero-order chi connectivity index (χ0) is 11.8. The normalized spacial score (nSPS) is 16.4. The van der Waals surface area contributed by atoms with Gasteiger partial charge in [0.15, 0.2) is 0 Å². The lowest BCUT2D eigenvalue weighted by atomic mass is 10.2. The number of nitrogens with two attached hydrogens (primary N) is 1. The molecule has 0 unspecified atom stereocenters. The third kappa shape index (κ3) is 2.10. The van der Waals surface area contributed by atoms with Gasteiger partial charge < -0.3 is 5.73 Å². The first-order valence-electron chi connectivity index (χ1n) is 4.74. The molecule has 0 saturated carbocycles. The van der Waals surface area contributed by atoms with E-state index in [1.165, 1.54) is 12.1 Å². The van der Waals surface area contributed by atoms with Crippen molar-refractivity contribution in [1.82, 2.24) is 0 Å². The van der Waals surface area contributed by atoms with Gasteiger partial charge in [-0.2, -0.15) is 18.3 Å². The van der Waals surface area contributed by atoms with Crippen molar-refractivity contribution in [2.75, 3.05) is 11.6 Å². The van der Waals surface area contributed by atoms with Crippen LogP contribution in [0.3, 0.4) is 0 Å². The maximum absolute atomic E-state index is 12.3. The highest BCUT2D eigenvalue weighted by Gasteiger charge is 2.30. The van der Waals surface area contributed by atoms with E-state index >= 15 is 0 Å². The standard InChI is InChI=1S/C10H10F3N3/c11-10(12,13)7-1-3-8(4-2-7)16-6-5-9(14)15-16/h1-4H,5-6H2,(H2,14,15). The topological polar surface area (TPSA) is 41.6 Å². The minimum absolute atomic E-state index is 0.500. The molecule has 2 rings (SSSR count). The Balaban J connectivity index is 2.20. The summed E-state index contributed by atoms with van der Waals surface area (Å²) in [7, 11) is 0. The summed E-state index contributed by atoms with van der Waals surface area (Å²) in [6.45, 7) is 0.608. The molecule has 0 fully saturated rings. The molecular weight excluding hydrogens is 219 g/mol. The number of hydrazone groups is 1. The lowest BCUT2D eigenvalue weighted by Gasteiger charge is -2.14. The Kier molecular flexibility index (Phi) is 2.49. The molecule has 0 bridgehead atoms. The van der Waals surface area contributed by atoms with Crippen LogP contribution >= 0.6 is 0 Å². The van der Waals surface area contributed by atoms with E-state index in [9.17, 15) is 13.2 Å². The summed E-state index contributed by atoms with van der Waals surface area (Å²) in [4.78, 5) is 0. The quantitative estimate of drug-likeness (QED) is 0.802. The van der Waals surface area contributed by atoms with Gasteiger partial charge in [-0.3, -0.25) is 5.01 Å². The fourth-order valence-electron chi connectivity index (χ4n) is 1.48. The van der Waals surface area contributed by atoms with Crippen LogP contribution in [0.15, 0.2) is 29.4 Å². The number of hydrogen-bond acceptors (Lipinski definition) is 3. The highest BCUT2D eigenvalue weighted by molar-refractivity contribution is 5.84. The van der Waals surface area contributed by atoms with Crippen molar-refractivity contribution < 1.29 is 13.2 Å². The molecule has 0 spiro atoms. The third-order valence-electron chi connectivity index (χ3n) is 2.32. The molecule has 1 aliphatic heterocycles. The largest absolute Gasteiger partial charge is 0.416 e. The lowest BCUT2D eigenvalue weighted by Crippen LogP contribution is -2.12. The highest BCUT2D eigenvalue weighted by Crippen LogP contribution is 2.30. The molecule has 6 heteroatoms. The minimum Gasteiger partial charge on any atom is -0.386 e. The maximum atomic E-state index is 12.3. The first-order chi connectivity index (χ1) is 7.47. The molecule has 0 amide bonds. The van der Waals surface area contributed by atoms with Gasteiger partial charge in [0, 0.05) is 13.0 Å². The Morgan fingerprint density at radius 2 is 1.81 bits per heavy atom. The van der Waals surface area contributed by atoms with Crippen molar-refractivity contribution in [3.63, 3.8) is 0 Å². The zero-order valence-corrected chi connectivity index (χ0v) is 8.33. The summed E-state index contributed by atoms with van der Waals surface area (Å²) in [5.74, 6) is 0.500. The zero-order valence-electron chi connectivity index (χ0n) is 8.33. The molecule has 1 aliphatic rings. The van der Waals surface area contributed by atoms with E-state index in [1.54, 1.807) is 5.01 Å². The second-order valence-electron chi connectivity index (χ2n) is 3.51. The van der Waals surface area contributed by atoms with Gasteiger partial charge in [-0.1, -0.05) is 0 Å². The molecule has 0 atom stereocenters. The molecule has 86 valence electrons. The molecule has 16 heavy (non-hydrogen) atoms. The molecular formula is C10H10F3N3. The van der Waals surface area contributed by atoms with Crippen LogP contribution in [-0.4, -0.2) is 12.4 Å². The van der Waals surface area contributed by atoms with Gasteiger partial charge in [0.25, 0.3) is 0 Å². The predicted molar refractivity (Wildman–Crippen MR) is 55.0 cm³/mol. The molecule has 0 saturated heterocycles. The number of nitrogens with zero attached hydrogens (tertiary/aromatic N) is 2. The fraction of sp³-hybridized carbons (Fsp3) is 0.300. The lowest BCUT2D eigenvalue weighted by molar-refractivity contribution is -0.137. The van der Waals surface area contributed by atoms with Crippen LogP contribution < -0.4 is 10.7 Å². The second-order valence-corrected chi connectivity index (χ2v) is 3.51. The average molecular weight is 229 g/mol. The van der Waals surface area contributed by atoms with Crippen molar-refractivity contribution >= 4 is 11.5 Å². The molecule has 1 aromatic carbocycles. The smallest absolute Gasteiger partial charge is 0.386 e. The Morgan fingerprint density at radius 1 is 1.19 bits per heavy atom. The van der Waals surface area contributed by atoms with E-state index in [2.05, 4.69) is 5.10 Å². The van der Waals surface area contributed by atoms with Crippen molar-refractivity contribution in [2.45, 2.75) is 12.6 Å².